The molecule has 1 aliphatic heterocycles. The van der Waals surface area contributed by atoms with Gasteiger partial charge in [0.2, 0.25) is 5.91 Å². The molecule has 1 saturated heterocycles. The molecule has 3 aromatic rings. The monoisotopic (exact) mass is 394 g/mol. The van der Waals surface area contributed by atoms with Gasteiger partial charge in [0.1, 0.15) is 5.76 Å². The number of piperidine rings is 1. The highest BCUT2D eigenvalue weighted by Crippen LogP contribution is 2.25. The van der Waals surface area contributed by atoms with Crippen LogP contribution in [0.15, 0.2) is 70.2 Å². The van der Waals surface area contributed by atoms with Crippen molar-refractivity contribution in [3.8, 4) is 0 Å². The van der Waals surface area contributed by atoms with Gasteiger partial charge in [-0.15, -0.1) is 11.8 Å². The molecule has 2 aromatic carbocycles. The first kappa shape index (κ1) is 19.1. The Balaban J connectivity index is 1.32. The van der Waals surface area contributed by atoms with Crippen LogP contribution in [0.5, 0.6) is 0 Å². The molecule has 1 aromatic heterocycles. The molecule has 28 heavy (non-hydrogen) atoms. The molecule has 1 atom stereocenters. The third kappa shape index (κ3) is 4.78. The molecule has 1 aliphatic rings. The first-order chi connectivity index (χ1) is 13.8. The average Bonchev–Trinajstić information content (AvgIpc) is 3.27. The van der Waals surface area contributed by atoms with Gasteiger partial charge < -0.3 is 9.73 Å². The Morgan fingerprint density at radius 3 is 2.64 bits per heavy atom. The second-order valence-electron chi connectivity index (χ2n) is 7.23. The summed E-state index contributed by atoms with van der Waals surface area (Å²) in [7, 11) is 0. The summed E-state index contributed by atoms with van der Waals surface area (Å²) in [6.45, 7) is 2.71. The number of rotatable bonds is 7. The summed E-state index contributed by atoms with van der Waals surface area (Å²) in [6, 6.07) is 18.7. The van der Waals surface area contributed by atoms with Crippen LogP contribution in [0.2, 0.25) is 0 Å². The fraction of sp³-hybridized carbons (Fsp3) is 0.348. The molecule has 0 bridgehead atoms. The van der Waals surface area contributed by atoms with Crippen molar-refractivity contribution in [2.45, 2.75) is 30.2 Å². The Hall–Kier alpha value is -2.24. The number of thioether (sulfide) groups is 1. The van der Waals surface area contributed by atoms with Gasteiger partial charge in [0.05, 0.1) is 18.1 Å². The molecule has 0 spiro atoms. The fourth-order valence-electron chi connectivity index (χ4n) is 3.79. The summed E-state index contributed by atoms with van der Waals surface area (Å²) in [5.41, 5.74) is 0. The number of furan rings is 1. The standard InChI is InChI=1S/C23H26N2O2S/c26-23(17-28-20-11-10-18-7-2-3-8-19(18)15-20)24-16-21(22-9-6-14-27-22)25-12-4-1-5-13-25/h2-3,6-11,14-15,21H,1,4-5,12-13,16-17H2,(H,24,26)/t21-/m0/s1. The lowest BCUT2D eigenvalue weighted by atomic mass is 10.1. The largest absolute Gasteiger partial charge is 0.468 e. The summed E-state index contributed by atoms with van der Waals surface area (Å²) >= 11 is 1.58. The molecular weight excluding hydrogens is 368 g/mol. The van der Waals surface area contributed by atoms with E-state index in [1.54, 1.807) is 18.0 Å². The van der Waals surface area contributed by atoms with Crippen molar-refractivity contribution in [1.82, 2.24) is 10.2 Å². The number of nitrogens with one attached hydrogen (secondary N) is 1. The summed E-state index contributed by atoms with van der Waals surface area (Å²) in [5.74, 6) is 1.42. The normalized spacial score (nSPS) is 16.1. The van der Waals surface area contributed by atoms with Gasteiger partial charge >= 0.3 is 0 Å². The fourth-order valence-corrected chi connectivity index (χ4v) is 4.56. The van der Waals surface area contributed by atoms with E-state index in [1.807, 2.05) is 24.3 Å². The van der Waals surface area contributed by atoms with Crippen molar-refractivity contribution in [3.05, 3.63) is 66.6 Å². The van der Waals surface area contributed by atoms with E-state index in [2.05, 4.69) is 40.5 Å². The van der Waals surface area contributed by atoms with Crippen LogP contribution in [-0.2, 0) is 4.79 Å². The number of benzene rings is 2. The van der Waals surface area contributed by atoms with Gasteiger partial charge in [-0.2, -0.15) is 0 Å². The van der Waals surface area contributed by atoms with Gasteiger partial charge in [-0.05, 0) is 61.0 Å². The van der Waals surface area contributed by atoms with Crippen molar-refractivity contribution < 1.29 is 9.21 Å². The Bertz CT molecular complexity index is 904. The highest BCUT2D eigenvalue weighted by Gasteiger charge is 2.24. The van der Waals surface area contributed by atoms with Crippen LogP contribution >= 0.6 is 11.8 Å². The topological polar surface area (TPSA) is 45.5 Å². The van der Waals surface area contributed by atoms with E-state index in [0.29, 0.717) is 12.3 Å². The molecule has 5 heteroatoms. The van der Waals surface area contributed by atoms with Crippen LogP contribution < -0.4 is 5.32 Å². The van der Waals surface area contributed by atoms with Crippen molar-refractivity contribution in [2.24, 2.45) is 0 Å². The molecule has 0 aliphatic carbocycles. The lowest BCUT2D eigenvalue weighted by Crippen LogP contribution is -2.40. The van der Waals surface area contributed by atoms with Crippen LogP contribution in [0.4, 0.5) is 0 Å². The number of likely N-dealkylation sites (tertiary alicyclic amines) is 1. The molecule has 4 rings (SSSR count). The van der Waals surface area contributed by atoms with Crippen molar-refractivity contribution in [2.75, 3.05) is 25.4 Å². The number of nitrogens with zero attached hydrogens (tertiary/aromatic N) is 1. The Kier molecular flexibility index (Phi) is 6.34. The van der Waals surface area contributed by atoms with Crippen LogP contribution in [0, 0.1) is 0 Å². The van der Waals surface area contributed by atoms with Gasteiger partial charge in [-0.1, -0.05) is 36.8 Å². The van der Waals surface area contributed by atoms with Gasteiger partial charge in [-0.25, -0.2) is 0 Å². The number of fused-ring (bicyclic) bond motifs is 1. The quantitative estimate of drug-likeness (QED) is 0.581. The van der Waals surface area contributed by atoms with E-state index in [4.69, 9.17) is 4.42 Å². The summed E-state index contributed by atoms with van der Waals surface area (Å²) in [6.07, 6.45) is 5.42. The lowest BCUT2D eigenvalue weighted by Gasteiger charge is -2.33. The molecule has 0 radical (unpaired) electrons. The van der Waals surface area contributed by atoms with Crippen molar-refractivity contribution >= 4 is 28.4 Å². The molecule has 1 amide bonds. The van der Waals surface area contributed by atoms with Gasteiger partial charge in [-0.3, -0.25) is 9.69 Å². The maximum Gasteiger partial charge on any atom is 0.230 e. The van der Waals surface area contributed by atoms with Crippen LogP contribution in [-0.4, -0.2) is 36.2 Å². The number of amides is 1. The summed E-state index contributed by atoms with van der Waals surface area (Å²) < 4.78 is 5.65. The Morgan fingerprint density at radius 1 is 1.04 bits per heavy atom. The van der Waals surface area contributed by atoms with Crippen molar-refractivity contribution in [1.29, 1.82) is 0 Å². The van der Waals surface area contributed by atoms with E-state index in [1.165, 1.54) is 30.0 Å². The predicted molar refractivity (Wildman–Crippen MR) is 115 cm³/mol. The predicted octanol–water partition coefficient (Wildman–Crippen LogP) is 4.87. The molecule has 0 unspecified atom stereocenters. The third-order valence-electron chi connectivity index (χ3n) is 5.29. The molecule has 0 saturated carbocycles. The third-order valence-corrected chi connectivity index (χ3v) is 6.28. The zero-order valence-corrected chi connectivity index (χ0v) is 16.8. The molecule has 1 fully saturated rings. The lowest BCUT2D eigenvalue weighted by molar-refractivity contribution is -0.118. The smallest absolute Gasteiger partial charge is 0.230 e. The first-order valence-corrected chi connectivity index (χ1v) is 10.9. The number of hydrogen-bond donors (Lipinski definition) is 1. The van der Waals surface area contributed by atoms with E-state index in [9.17, 15) is 4.79 Å². The van der Waals surface area contributed by atoms with Crippen LogP contribution in [0.3, 0.4) is 0 Å². The van der Waals surface area contributed by atoms with Crippen LogP contribution in [0.1, 0.15) is 31.1 Å². The minimum Gasteiger partial charge on any atom is -0.468 e. The summed E-state index contributed by atoms with van der Waals surface area (Å²) in [4.78, 5) is 16.0. The van der Waals surface area contributed by atoms with E-state index in [0.717, 1.165) is 23.7 Å². The Morgan fingerprint density at radius 2 is 1.86 bits per heavy atom. The highest BCUT2D eigenvalue weighted by molar-refractivity contribution is 8.00. The Labute approximate surface area is 170 Å². The molecule has 146 valence electrons. The first-order valence-electron chi connectivity index (χ1n) is 9.95. The van der Waals surface area contributed by atoms with E-state index in [-0.39, 0.29) is 11.9 Å². The van der Waals surface area contributed by atoms with Gasteiger partial charge in [0.25, 0.3) is 0 Å². The highest BCUT2D eigenvalue weighted by atomic mass is 32.2. The molecule has 2 heterocycles. The van der Waals surface area contributed by atoms with E-state index < -0.39 is 0 Å². The summed E-state index contributed by atoms with van der Waals surface area (Å²) in [5, 5.41) is 5.54. The molecule has 1 N–H and O–H groups in total. The van der Waals surface area contributed by atoms with Gasteiger partial charge in [0.15, 0.2) is 0 Å². The maximum atomic E-state index is 12.5. The maximum absolute atomic E-state index is 12.5. The van der Waals surface area contributed by atoms with E-state index >= 15 is 0 Å². The average molecular weight is 395 g/mol. The number of hydrogen-bond acceptors (Lipinski definition) is 4. The second kappa shape index (κ2) is 9.30. The zero-order valence-electron chi connectivity index (χ0n) is 16.0. The minimum absolute atomic E-state index is 0.0618. The van der Waals surface area contributed by atoms with Crippen molar-refractivity contribution in [3.63, 3.8) is 0 Å². The minimum atomic E-state index is 0.0618. The van der Waals surface area contributed by atoms with Gasteiger partial charge in [0, 0.05) is 11.4 Å². The SMILES string of the molecule is O=C(CSc1ccc2ccccc2c1)NC[C@@H](c1ccco1)N1CCCCC1. The van der Waals surface area contributed by atoms with Crippen LogP contribution in [0.25, 0.3) is 10.8 Å². The zero-order chi connectivity index (χ0) is 19.2. The second-order valence-corrected chi connectivity index (χ2v) is 8.28. The number of carbonyl (C=O) groups excluding carboxylic acids is 1. The molecular formula is C23H26N2O2S. The molecule has 4 nitrogen and oxygen atoms in total. The number of carbonyl (C=O) groups is 1.